The Balaban J connectivity index is 3.28. The van der Waals surface area contributed by atoms with Crippen LogP contribution in [0.3, 0.4) is 0 Å². The van der Waals surface area contributed by atoms with Crippen molar-refractivity contribution < 1.29 is 14.7 Å². The maximum absolute atomic E-state index is 11.8. The minimum atomic E-state index is -1.09. The summed E-state index contributed by atoms with van der Waals surface area (Å²) in [5, 5.41) is 9.66. The molecule has 1 N–H and O–H groups in total. The SMILES string of the molecule is CC(C)N(C=O)C1(C(=O)O)CSCCC1(C)C. The number of carbonyl (C=O) groups excluding carboxylic acids is 1. The number of thioether (sulfide) groups is 1. The molecule has 0 aromatic heterocycles. The molecule has 1 aliphatic rings. The first-order valence-electron chi connectivity index (χ1n) is 5.84. The first-order chi connectivity index (χ1) is 7.79. The lowest BCUT2D eigenvalue weighted by atomic mass is 9.69. The van der Waals surface area contributed by atoms with Gasteiger partial charge in [-0.05, 0) is 26.0 Å². The second-order valence-corrected chi connectivity index (χ2v) is 6.56. The topological polar surface area (TPSA) is 57.6 Å². The predicted molar refractivity (Wildman–Crippen MR) is 69.1 cm³/mol. The molecule has 0 aromatic rings. The number of aliphatic carboxylic acids is 1. The van der Waals surface area contributed by atoms with Crippen LogP contribution >= 0.6 is 11.8 Å². The Labute approximate surface area is 107 Å². The molecule has 0 radical (unpaired) electrons. The van der Waals surface area contributed by atoms with E-state index in [2.05, 4.69) is 0 Å². The molecule has 1 amide bonds. The molecule has 98 valence electrons. The fourth-order valence-corrected chi connectivity index (χ4v) is 4.25. The molecule has 1 fully saturated rings. The minimum Gasteiger partial charge on any atom is -0.479 e. The van der Waals surface area contributed by atoms with E-state index < -0.39 is 16.9 Å². The van der Waals surface area contributed by atoms with Gasteiger partial charge in [0.2, 0.25) is 6.41 Å². The Morgan fingerprint density at radius 1 is 1.47 bits per heavy atom. The van der Waals surface area contributed by atoms with Gasteiger partial charge in [-0.1, -0.05) is 13.8 Å². The van der Waals surface area contributed by atoms with Crippen molar-refractivity contribution in [1.82, 2.24) is 4.90 Å². The van der Waals surface area contributed by atoms with Crippen molar-refractivity contribution in [3.63, 3.8) is 0 Å². The van der Waals surface area contributed by atoms with Crippen LogP contribution in [0.15, 0.2) is 0 Å². The molecule has 17 heavy (non-hydrogen) atoms. The molecule has 0 aromatic carbocycles. The molecular weight excluding hydrogens is 238 g/mol. The van der Waals surface area contributed by atoms with Crippen molar-refractivity contribution in [1.29, 1.82) is 0 Å². The molecule has 0 bridgehead atoms. The van der Waals surface area contributed by atoms with Crippen LogP contribution in [0.1, 0.15) is 34.1 Å². The molecular formula is C12H21NO3S. The molecule has 4 nitrogen and oxygen atoms in total. The zero-order valence-corrected chi connectivity index (χ0v) is 11.7. The third kappa shape index (κ3) is 2.17. The van der Waals surface area contributed by atoms with Crippen molar-refractivity contribution in [2.45, 2.75) is 45.7 Å². The molecule has 5 heteroatoms. The van der Waals surface area contributed by atoms with E-state index >= 15 is 0 Å². The van der Waals surface area contributed by atoms with Crippen LogP contribution in [0.2, 0.25) is 0 Å². The van der Waals surface area contributed by atoms with Crippen LogP contribution in [0, 0.1) is 5.41 Å². The largest absolute Gasteiger partial charge is 0.479 e. The highest BCUT2D eigenvalue weighted by Crippen LogP contribution is 2.46. The van der Waals surface area contributed by atoms with E-state index in [9.17, 15) is 14.7 Å². The van der Waals surface area contributed by atoms with Gasteiger partial charge in [0, 0.05) is 17.2 Å². The average Bonchev–Trinajstić information content (AvgIpc) is 2.20. The summed E-state index contributed by atoms with van der Waals surface area (Å²) in [6, 6.07) is -0.110. The molecule has 1 atom stereocenters. The summed E-state index contributed by atoms with van der Waals surface area (Å²) in [7, 11) is 0. The maximum Gasteiger partial charge on any atom is 0.331 e. The van der Waals surface area contributed by atoms with E-state index in [-0.39, 0.29) is 6.04 Å². The summed E-state index contributed by atoms with van der Waals surface area (Å²) in [5.41, 5.74) is -1.50. The third-order valence-electron chi connectivity index (χ3n) is 3.77. The lowest BCUT2D eigenvalue weighted by molar-refractivity contribution is -0.165. The molecule has 1 aliphatic heterocycles. The van der Waals surface area contributed by atoms with Gasteiger partial charge in [0.1, 0.15) is 0 Å². The van der Waals surface area contributed by atoms with Crippen molar-refractivity contribution >= 4 is 24.1 Å². The summed E-state index contributed by atoms with van der Waals surface area (Å²) in [6.45, 7) is 7.60. The molecule has 1 unspecified atom stereocenters. The lowest BCUT2D eigenvalue weighted by Gasteiger charge is -2.52. The number of carboxylic acid groups (broad SMARTS) is 1. The molecule has 0 aliphatic carbocycles. The van der Waals surface area contributed by atoms with Crippen molar-refractivity contribution in [2.24, 2.45) is 5.41 Å². The highest BCUT2D eigenvalue weighted by molar-refractivity contribution is 7.99. The third-order valence-corrected chi connectivity index (χ3v) is 4.88. The van der Waals surface area contributed by atoms with Gasteiger partial charge in [0.05, 0.1) is 0 Å². The van der Waals surface area contributed by atoms with E-state index in [0.717, 1.165) is 12.2 Å². The Morgan fingerprint density at radius 2 is 2.06 bits per heavy atom. The standard InChI is InChI=1S/C12H21NO3S/c1-9(2)13(8-14)12(10(15)16)7-17-6-5-11(12,3)4/h8-9H,5-7H2,1-4H3,(H,15,16). The fraction of sp³-hybridized carbons (Fsp3) is 0.833. The smallest absolute Gasteiger partial charge is 0.331 e. The Hall–Kier alpha value is -0.710. The summed E-state index contributed by atoms with van der Waals surface area (Å²) >= 11 is 1.61. The lowest BCUT2D eigenvalue weighted by Crippen LogP contribution is -2.67. The number of carboxylic acids is 1. The number of nitrogens with zero attached hydrogens (tertiary/aromatic N) is 1. The Bertz CT molecular complexity index is 317. The fourth-order valence-electron chi connectivity index (χ4n) is 2.49. The van der Waals surface area contributed by atoms with Gasteiger partial charge in [0.25, 0.3) is 0 Å². The second-order valence-electron chi connectivity index (χ2n) is 5.46. The van der Waals surface area contributed by atoms with Gasteiger partial charge >= 0.3 is 5.97 Å². The normalized spacial score (nSPS) is 27.8. The molecule has 1 heterocycles. The van der Waals surface area contributed by atoms with Gasteiger partial charge < -0.3 is 10.0 Å². The highest BCUT2D eigenvalue weighted by Gasteiger charge is 2.57. The predicted octanol–water partition coefficient (Wildman–Crippen LogP) is 1.84. The summed E-state index contributed by atoms with van der Waals surface area (Å²) in [6.07, 6.45) is 1.49. The average molecular weight is 259 g/mol. The van der Waals surface area contributed by atoms with Crippen LogP contribution in [-0.2, 0) is 9.59 Å². The van der Waals surface area contributed by atoms with Crippen LogP contribution in [0.4, 0.5) is 0 Å². The minimum absolute atomic E-state index is 0.110. The number of rotatable bonds is 4. The highest BCUT2D eigenvalue weighted by atomic mass is 32.2. The van der Waals surface area contributed by atoms with E-state index in [1.54, 1.807) is 11.8 Å². The van der Waals surface area contributed by atoms with E-state index in [0.29, 0.717) is 12.2 Å². The van der Waals surface area contributed by atoms with E-state index in [1.165, 1.54) is 4.90 Å². The van der Waals surface area contributed by atoms with E-state index in [1.807, 2.05) is 27.7 Å². The molecule has 0 saturated carbocycles. The van der Waals surface area contributed by atoms with Crippen LogP contribution in [-0.4, -0.2) is 45.5 Å². The van der Waals surface area contributed by atoms with Crippen molar-refractivity contribution in [2.75, 3.05) is 11.5 Å². The van der Waals surface area contributed by atoms with Crippen LogP contribution < -0.4 is 0 Å². The van der Waals surface area contributed by atoms with Gasteiger partial charge in [-0.3, -0.25) is 4.79 Å². The summed E-state index contributed by atoms with van der Waals surface area (Å²) in [5.74, 6) is 0.523. The first-order valence-corrected chi connectivity index (χ1v) is 7.00. The quantitative estimate of drug-likeness (QED) is 0.783. The molecule has 1 saturated heterocycles. The van der Waals surface area contributed by atoms with Crippen LogP contribution in [0.5, 0.6) is 0 Å². The second kappa shape index (κ2) is 4.88. The monoisotopic (exact) mass is 259 g/mol. The van der Waals surface area contributed by atoms with Crippen molar-refractivity contribution in [3.05, 3.63) is 0 Å². The van der Waals surface area contributed by atoms with Gasteiger partial charge in [-0.15, -0.1) is 0 Å². The zero-order valence-electron chi connectivity index (χ0n) is 10.9. The van der Waals surface area contributed by atoms with Crippen molar-refractivity contribution in [3.8, 4) is 0 Å². The van der Waals surface area contributed by atoms with Gasteiger partial charge in [-0.25, -0.2) is 4.79 Å². The number of amides is 1. The first kappa shape index (κ1) is 14.4. The number of hydrogen-bond donors (Lipinski definition) is 1. The number of carbonyl (C=O) groups is 2. The van der Waals surface area contributed by atoms with Gasteiger partial charge in [-0.2, -0.15) is 11.8 Å². The molecule has 0 spiro atoms. The Kier molecular flexibility index (Phi) is 4.12. The molecule has 1 rings (SSSR count). The number of hydrogen-bond acceptors (Lipinski definition) is 3. The summed E-state index contributed by atoms with van der Waals surface area (Å²) in [4.78, 5) is 24.6. The summed E-state index contributed by atoms with van der Waals surface area (Å²) < 4.78 is 0. The Morgan fingerprint density at radius 3 is 2.41 bits per heavy atom. The maximum atomic E-state index is 11.8. The van der Waals surface area contributed by atoms with Crippen LogP contribution in [0.25, 0.3) is 0 Å². The van der Waals surface area contributed by atoms with E-state index in [4.69, 9.17) is 0 Å². The zero-order chi connectivity index (χ0) is 13.3. The van der Waals surface area contributed by atoms with Gasteiger partial charge in [0.15, 0.2) is 5.54 Å².